The number of halogens is 1. The molecule has 0 bridgehead atoms. The van der Waals surface area contributed by atoms with E-state index in [1.54, 1.807) is 6.07 Å². The maximum Gasteiger partial charge on any atom is 0.279 e. The van der Waals surface area contributed by atoms with Crippen molar-refractivity contribution in [3.05, 3.63) is 64.0 Å². The normalized spacial score (nSPS) is 10.9. The standard InChI is InChI=1S/C14H8ClNO/c15-13-11-7-3-1-5-9(11)10-6-2-4-8-12(10)14(17)16-13/h1-8H. The van der Waals surface area contributed by atoms with Crippen LogP contribution in [-0.2, 0) is 0 Å². The molecule has 0 atom stereocenters. The van der Waals surface area contributed by atoms with E-state index in [0.29, 0.717) is 5.39 Å². The van der Waals surface area contributed by atoms with E-state index in [2.05, 4.69) is 4.98 Å². The van der Waals surface area contributed by atoms with Crippen LogP contribution in [0, 0.1) is 0 Å². The predicted octanol–water partition coefficient (Wildman–Crippen LogP) is 3.40. The van der Waals surface area contributed by atoms with E-state index in [0.717, 1.165) is 16.2 Å². The predicted molar refractivity (Wildman–Crippen MR) is 70.5 cm³/mol. The van der Waals surface area contributed by atoms with Gasteiger partial charge in [0.2, 0.25) is 0 Å². The minimum absolute atomic E-state index is 0.252. The Bertz CT molecular complexity index is 783. The lowest BCUT2D eigenvalue weighted by Gasteiger charge is -1.96. The molecule has 82 valence electrons. The summed E-state index contributed by atoms with van der Waals surface area (Å²) in [6.45, 7) is 0. The van der Waals surface area contributed by atoms with Crippen molar-refractivity contribution in [2.24, 2.45) is 0 Å². The smallest absolute Gasteiger partial charge is 0.267 e. The number of rotatable bonds is 0. The SMILES string of the molecule is O=c1nc(Cl)c2ccccc2c2ccccc12. The Hall–Kier alpha value is -1.93. The molecule has 3 aromatic rings. The summed E-state index contributed by atoms with van der Waals surface area (Å²) in [5, 5.41) is 3.47. The average Bonchev–Trinajstić information content (AvgIpc) is 2.48. The maximum absolute atomic E-state index is 11.9. The Morgan fingerprint density at radius 1 is 0.765 bits per heavy atom. The van der Waals surface area contributed by atoms with Crippen molar-refractivity contribution >= 4 is 33.1 Å². The van der Waals surface area contributed by atoms with Gasteiger partial charge in [-0.1, -0.05) is 54.1 Å². The molecule has 0 aliphatic rings. The van der Waals surface area contributed by atoms with Crippen molar-refractivity contribution in [1.82, 2.24) is 4.98 Å². The Kier molecular flexibility index (Phi) is 2.30. The summed E-state index contributed by atoms with van der Waals surface area (Å²) >= 11 is 6.07. The summed E-state index contributed by atoms with van der Waals surface area (Å²) in [7, 11) is 0. The molecule has 0 saturated carbocycles. The van der Waals surface area contributed by atoms with Gasteiger partial charge in [0.25, 0.3) is 5.56 Å². The van der Waals surface area contributed by atoms with Crippen molar-refractivity contribution in [3.8, 4) is 0 Å². The van der Waals surface area contributed by atoms with Crippen LogP contribution in [0.15, 0.2) is 53.3 Å². The summed E-state index contributed by atoms with van der Waals surface area (Å²) in [6, 6.07) is 15.0. The second kappa shape index (κ2) is 3.82. The van der Waals surface area contributed by atoms with Gasteiger partial charge in [-0.05, 0) is 16.8 Å². The first-order valence-electron chi connectivity index (χ1n) is 5.25. The zero-order valence-electron chi connectivity index (χ0n) is 8.85. The molecule has 0 unspecified atom stereocenters. The zero-order chi connectivity index (χ0) is 11.8. The van der Waals surface area contributed by atoms with Gasteiger partial charge in [0, 0.05) is 10.8 Å². The molecular weight excluding hydrogens is 234 g/mol. The van der Waals surface area contributed by atoms with Crippen molar-refractivity contribution in [2.45, 2.75) is 0 Å². The fraction of sp³-hybridized carbons (Fsp3) is 0. The highest BCUT2D eigenvalue weighted by Crippen LogP contribution is 2.25. The van der Waals surface area contributed by atoms with E-state index < -0.39 is 0 Å². The van der Waals surface area contributed by atoms with Crippen molar-refractivity contribution < 1.29 is 0 Å². The number of benzene rings is 2. The monoisotopic (exact) mass is 241 g/mol. The van der Waals surface area contributed by atoms with Crippen molar-refractivity contribution in [3.63, 3.8) is 0 Å². The first-order valence-corrected chi connectivity index (χ1v) is 5.62. The summed E-state index contributed by atoms with van der Waals surface area (Å²) in [6.07, 6.45) is 0. The fourth-order valence-electron chi connectivity index (χ4n) is 2.01. The Labute approximate surface area is 102 Å². The molecule has 0 fully saturated rings. The highest BCUT2D eigenvalue weighted by Gasteiger charge is 2.05. The van der Waals surface area contributed by atoms with Crippen molar-refractivity contribution in [1.29, 1.82) is 0 Å². The second-order valence-corrected chi connectivity index (χ2v) is 4.16. The van der Waals surface area contributed by atoms with Gasteiger partial charge in [-0.2, -0.15) is 4.98 Å². The molecule has 3 heteroatoms. The molecule has 0 aliphatic heterocycles. The van der Waals surface area contributed by atoms with Crippen LogP contribution in [0.4, 0.5) is 0 Å². The van der Waals surface area contributed by atoms with Gasteiger partial charge in [-0.25, -0.2) is 0 Å². The lowest BCUT2D eigenvalue weighted by molar-refractivity contribution is 1.31. The molecule has 2 aromatic carbocycles. The molecule has 0 amide bonds. The molecule has 0 saturated heterocycles. The van der Waals surface area contributed by atoms with E-state index in [4.69, 9.17) is 11.6 Å². The lowest BCUT2D eigenvalue weighted by atomic mass is 10.1. The van der Waals surface area contributed by atoms with Crippen LogP contribution in [0.5, 0.6) is 0 Å². The van der Waals surface area contributed by atoms with Crippen LogP contribution in [0.2, 0.25) is 5.15 Å². The van der Waals surface area contributed by atoms with E-state index in [-0.39, 0.29) is 10.7 Å². The third-order valence-corrected chi connectivity index (χ3v) is 3.08. The first kappa shape index (κ1) is 10.2. The second-order valence-electron chi connectivity index (χ2n) is 3.80. The van der Waals surface area contributed by atoms with E-state index in [1.165, 1.54) is 0 Å². The van der Waals surface area contributed by atoms with E-state index >= 15 is 0 Å². The number of fused-ring (bicyclic) bond motifs is 3. The largest absolute Gasteiger partial charge is 0.279 e. The minimum atomic E-state index is -0.290. The summed E-state index contributed by atoms with van der Waals surface area (Å²) in [5.74, 6) is 0. The first-order chi connectivity index (χ1) is 8.27. The molecule has 0 radical (unpaired) electrons. The quantitative estimate of drug-likeness (QED) is 0.604. The van der Waals surface area contributed by atoms with E-state index in [1.807, 2.05) is 42.5 Å². The molecule has 1 aromatic heterocycles. The van der Waals surface area contributed by atoms with Gasteiger partial charge in [0.05, 0.1) is 0 Å². The number of aromatic nitrogens is 1. The topological polar surface area (TPSA) is 30.0 Å². The number of hydrogen-bond donors (Lipinski definition) is 0. The van der Waals surface area contributed by atoms with Crippen LogP contribution in [0.3, 0.4) is 0 Å². The highest BCUT2D eigenvalue weighted by molar-refractivity contribution is 6.35. The fourth-order valence-corrected chi connectivity index (χ4v) is 2.25. The number of hydrogen-bond acceptors (Lipinski definition) is 2. The summed E-state index contributed by atoms with van der Waals surface area (Å²) < 4.78 is 0. The Morgan fingerprint density at radius 3 is 1.88 bits per heavy atom. The summed E-state index contributed by atoms with van der Waals surface area (Å²) in [5.41, 5.74) is -0.290. The maximum atomic E-state index is 11.9. The van der Waals surface area contributed by atoms with Gasteiger partial charge in [0.15, 0.2) is 0 Å². The highest BCUT2D eigenvalue weighted by atomic mass is 35.5. The average molecular weight is 242 g/mol. The lowest BCUT2D eigenvalue weighted by Crippen LogP contribution is -2.01. The van der Waals surface area contributed by atoms with Crippen LogP contribution in [0.25, 0.3) is 21.5 Å². The summed E-state index contributed by atoms with van der Waals surface area (Å²) in [4.78, 5) is 15.8. The molecule has 0 spiro atoms. The Balaban J connectivity index is 2.77. The molecule has 3 rings (SSSR count). The molecule has 2 nitrogen and oxygen atoms in total. The van der Waals surface area contributed by atoms with Gasteiger partial charge < -0.3 is 0 Å². The van der Waals surface area contributed by atoms with Crippen molar-refractivity contribution in [2.75, 3.05) is 0 Å². The van der Waals surface area contributed by atoms with Crippen LogP contribution < -0.4 is 5.56 Å². The molecule has 17 heavy (non-hydrogen) atoms. The molecule has 0 aliphatic carbocycles. The van der Waals surface area contributed by atoms with Crippen LogP contribution in [-0.4, -0.2) is 4.98 Å². The van der Waals surface area contributed by atoms with Crippen LogP contribution >= 0.6 is 11.6 Å². The third kappa shape index (κ3) is 1.58. The van der Waals surface area contributed by atoms with Gasteiger partial charge in [-0.15, -0.1) is 0 Å². The molecule has 0 N–H and O–H groups in total. The van der Waals surface area contributed by atoms with Gasteiger partial charge in [-0.3, -0.25) is 4.79 Å². The van der Waals surface area contributed by atoms with Gasteiger partial charge in [0.1, 0.15) is 5.15 Å². The Morgan fingerprint density at radius 2 is 1.24 bits per heavy atom. The molecule has 1 heterocycles. The zero-order valence-corrected chi connectivity index (χ0v) is 9.61. The molecular formula is C14H8ClNO. The van der Waals surface area contributed by atoms with Crippen LogP contribution in [0.1, 0.15) is 0 Å². The number of nitrogens with zero attached hydrogens (tertiary/aromatic N) is 1. The third-order valence-electron chi connectivity index (χ3n) is 2.80. The minimum Gasteiger partial charge on any atom is -0.267 e. The van der Waals surface area contributed by atoms with E-state index in [9.17, 15) is 4.79 Å². The van der Waals surface area contributed by atoms with Gasteiger partial charge >= 0.3 is 0 Å².